The predicted molar refractivity (Wildman–Crippen MR) is 109 cm³/mol. The molecule has 0 saturated heterocycles. The Labute approximate surface area is 159 Å². The van der Waals surface area contributed by atoms with Crippen LogP contribution in [0.15, 0.2) is 42.5 Å². The van der Waals surface area contributed by atoms with Crippen molar-refractivity contribution in [3.8, 4) is 6.07 Å². The molecule has 0 aliphatic heterocycles. The SMILES string of the molecule is CCCC1CCC(c2ccc(CCc3ccc(C#N)c(C)c3)cc2)CC1. The van der Waals surface area contributed by atoms with Gasteiger partial charge in [-0.25, -0.2) is 0 Å². The summed E-state index contributed by atoms with van der Waals surface area (Å²) in [5, 5.41) is 9.04. The van der Waals surface area contributed by atoms with Gasteiger partial charge in [-0.2, -0.15) is 5.26 Å². The van der Waals surface area contributed by atoms with Gasteiger partial charge in [-0.05, 0) is 85.6 Å². The van der Waals surface area contributed by atoms with Crippen LogP contribution in [0.5, 0.6) is 0 Å². The van der Waals surface area contributed by atoms with E-state index in [1.165, 1.54) is 55.2 Å². The number of hydrogen-bond acceptors (Lipinski definition) is 1. The summed E-state index contributed by atoms with van der Waals surface area (Å²) in [7, 11) is 0. The third-order valence-electron chi connectivity index (χ3n) is 6.11. The Hall–Kier alpha value is -2.07. The molecule has 0 amide bonds. The summed E-state index contributed by atoms with van der Waals surface area (Å²) in [6.07, 6.45) is 10.4. The molecular formula is C25H31N. The zero-order valence-corrected chi connectivity index (χ0v) is 16.3. The average Bonchev–Trinajstić information content (AvgIpc) is 2.68. The highest BCUT2D eigenvalue weighted by molar-refractivity contribution is 5.39. The van der Waals surface area contributed by atoms with Crippen molar-refractivity contribution in [2.45, 2.75) is 71.1 Å². The first-order chi connectivity index (χ1) is 12.7. The minimum atomic E-state index is 0.776. The smallest absolute Gasteiger partial charge is 0.0994 e. The van der Waals surface area contributed by atoms with Crippen molar-refractivity contribution in [2.24, 2.45) is 5.92 Å². The second-order valence-electron chi connectivity index (χ2n) is 8.01. The van der Waals surface area contributed by atoms with Crippen LogP contribution in [0.4, 0.5) is 0 Å². The number of rotatable bonds is 6. The molecule has 1 heteroatoms. The fourth-order valence-corrected chi connectivity index (χ4v) is 4.44. The summed E-state index contributed by atoms with van der Waals surface area (Å²) >= 11 is 0. The van der Waals surface area contributed by atoms with Crippen LogP contribution in [0.25, 0.3) is 0 Å². The molecule has 26 heavy (non-hydrogen) atoms. The van der Waals surface area contributed by atoms with E-state index in [9.17, 15) is 0 Å². The Kier molecular flexibility index (Phi) is 6.51. The zero-order chi connectivity index (χ0) is 18.4. The quantitative estimate of drug-likeness (QED) is 0.569. The highest BCUT2D eigenvalue weighted by Gasteiger charge is 2.21. The average molecular weight is 346 g/mol. The molecule has 0 unspecified atom stereocenters. The second kappa shape index (κ2) is 9.04. The molecule has 1 aliphatic carbocycles. The first-order valence-corrected chi connectivity index (χ1v) is 10.3. The van der Waals surface area contributed by atoms with E-state index >= 15 is 0 Å². The molecular weight excluding hydrogens is 314 g/mol. The molecule has 0 radical (unpaired) electrons. The van der Waals surface area contributed by atoms with Gasteiger partial charge in [-0.15, -0.1) is 0 Å². The van der Waals surface area contributed by atoms with Gasteiger partial charge in [0.25, 0.3) is 0 Å². The van der Waals surface area contributed by atoms with E-state index in [0.717, 1.165) is 35.8 Å². The van der Waals surface area contributed by atoms with E-state index in [1.54, 1.807) is 0 Å². The van der Waals surface area contributed by atoms with E-state index in [0.29, 0.717) is 0 Å². The molecule has 0 heterocycles. The highest BCUT2D eigenvalue weighted by atomic mass is 14.3. The van der Waals surface area contributed by atoms with Crippen molar-refractivity contribution in [2.75, 3.05) is 0 Å². The maximum atomic E-state index is 9.04. The van der Waals surface area contributed by atoms with Crippen LogP contribution in [0.1, 0.15) is 79.2 Å². The lowest BCUT2D eigenvalue weighted by atomic mass is 9.77. The van der Waals surface area contributed by atoms with Gasteiger partial charge in [0.05, 0.1) is 11.6 Å². The number of aryl methyl sites for hydroxylation is 3. The van der Waals surface area contributed by atoms with E-state index < -0.39 is 0 Å². The molecule has 1 fully saturated rings. The molecule has 2 aromatic carbocycles. The van der Waals surface area contributed by atoms with Crippen molar-refractivity contribution < 1.29 is 0 Å². The van der Waals surface area contributed by atoms with Gasteiger partial charge >= 0.3 is 0 Å². The van der Waals surface area contributed by atoms with Gasteiger partial charge < -0.3 is 0 Å². The molecule has 1 saturated carbocycles. The fraction of sp³-hybridized carbons (Fsp3) is 0.480. The topological polar surface area (TPSA) is 23.8 Å². The summed E-state index contributed by atoms with van der Waals surface area (Å²) < 4.78 is 0. The van der Waals surface area contributed by atoms with Gasteiger partial charge in [-0.1, -0.05) is 56.2 Å². The molecule has 136 valence electrons. The van der Waals surface area contributed by atoms with Gasteiger partial charge in [0.1, 0.15) is 0 Å². The van der Waals surface area contributed by atoms with Crippen molar-refractivity contribution in [3.05, 3.63) is 70.3 Å². The number of benzene rings is 2. The standard InChI is InChI=1S/C25H31N/c1-3-4-20-7-12-23(13-8-20)24-14-9-21(10-15-24)5-6-22-11-16-25(18-26)19(2)17-22/h9-11,14-17,20,23H,3-8,12-13H2,1-2H3. The van der Waals surface area contributed by atoms with E-state index in [4.69, 9.17) is 5.26 Å². The Morgan fingerprint density at radius 3 is 2.19 bits per heavy atom. The number of nitrogens with zero attached hydrogens (tertiary/aromatic N) is 1. The maximum absolute atomic E-state index is 9.04. The molecule has 0 bridgehead atoms. The Morgan fingerprint density at radius 1 is 0.923 bits per heavy atom. The molecule has 0 atom stereocenters. The summed E-state index contributed by atoms with van der Waals surface area (Å²) in [4.78, 5) is 0. The van der Waals surface area contributed by atoms with Crippen LogP contribution in [0, 0.1) is 24.2 Å². The van der Waals surface area contributed by atoms with Crippen LogP contribution in [-0.2, 0) is 12.8 Å². The summed E-state index contributed by atoms with van der Waals surface area (Å²) in [5.41, 5.74) is 6.14. The van der Waals surface area contributed by atoms with Crippen LogP contribution in [0.3, 0.4) is 0 Å². The number of hydrogen-bond donors (Lipinski definition) is 0. The molecule has 1 aliphatic rings. The normalized spacial score (nSPS) is 19.9. The lowest BCUT2D eigenvalue weighted by Crippen LogP contribution is -2.13. The van der Waals surface area contributed by atoms with Crippen molar-refractivity contribution in [3.63, 3.8) is 0 Å². The predicted octanol–water partition coefficient (Wildman–Crippen LogP) is 6.73. The maximum Gasteiger partial charge on any atom is 0.0994 e. The highest BCUT2D eigenvalue weighted by Crippen LogP contribution is 2.37. The molecule has 0 aromatic heterocycles. The summed E-state index contributed by atoms with van der Waals surface area (Å²) in [6.45, 7) is 4.33. The third-order valence-corrected chi connectivity index (χ3v) is 6.11. The minimum absolute atomic E-state index is 0.776. The van der Waals surface area contributed by atoms with E-state index in [1.807, 2.05) is 13.0 Å². The minimum Gasteiger partial charge on any atom is -0.192 e. The van der Waals surface area contributed by atoms with Gasteiger partial charge in [0.2, 0.25) is 0 Å². The first-order valence-electron chi connectivity index (χ1n) is 10.3. The monoisotopic (exact) mass is 345 g/mol. The lowest BCUT2D eigenvalue weighted by molar-refractivity contribution is 0.308. The Morgan fingerprint density at radius 2 is 1.58 bits per heavy atom. The zero-order valence-electron chi connectivity index (χ0n) is 16.3. The summed E-state index contributed by atoms with van der Waals surface area (Å²) in [5.74, 6) is 1.75. The van der Waals surface area contributed by atoms with E-state index in [2.05, 4.69) is 49.4 Å². The summed E-state index contributed by atoms with van der Waals surface area (Å²) in [6, 6.07) is 17.8. The fourth-order valence-electron chi connectivity index (χ4n) is 4.44. The van der Waals surface area contributed by atoms with Crippen LogP contribution in [0.2, 0.25) is 0 Å². The molecule has 0 N–H and O–H groups in total. The lowest BCUT2D eigenvalue weighted by Gasteiger charge is -2.28. The number of nitriles is 1. The van der Waals surface area contributed by atoms with Gasteiger partial charge in [-0.3, -0.25) is 0 Å². The van der Waals surface area contributed by atoms with Gasteiger partial charge in [0.15, 0.2) is 0 Å². The molecule has 0 spiro atoms. The van der Waals surface area contributed by atoms with Crippen LogP contribution < -0.4 is 0 Å². The van der Waals surface area contributed by atoms with Crippen LogP contribution >= 0.6 is 0 Å². The largest absolute Gasteiger partial charge is 0.192 e. The Bertz CT molecular complexity index is 743. The van der Waals surface area contributed by atoms with Crippen molar-refractivity contribution in [1.82, 2.24) is 0 Å². The third kappa shape index (κ3) is 4.76. The Balaban J connectivity index is 1.53. The molecule has 2 aromatic rings. The second-order valence-corrected chi connectivity index (χ2v) is 8.01. The van der Waals surface area contributed by atoms with Crippen molar-refractivity contribution >= 4 is 0 Å². The van der Waals surface area contributed by atoms with Crippen molar-refractivity contribution in [1.29, 1.82) is 5.26 Å². The van der Waals surface area contributed by atoms with Crippen LogP contribution in [-0.4, -0.2) is 0 Å². The van der Waals surface area contributed by atoms with E-state index in [-0.39, 0.29) is 0 Å². The van der Waals surface area contributed by atoms with Gasteiger partial charge in [0, 0.05) is 0 Å². The molecule has 1 nitrogen and oxygen atoms in total. The first kappa shape index (κ1) is 18.7. The molecule has 3 rings (SSSR count).